The molecule has 0 radical (unpaired) electrons. The average molecular weight is 485 g/mol. The molecular formula is C28H24N2O6. The Bertz CT molecular complexity index is 1380. The number of methoxy groups -OCH3 is 1. The molecule has 0 spiro atoms. The van der Waals surface area contributed by atoms with Crippen LogP contribution < -0.4 is 4.74 Å². The Morgan fingerprint density at radius 3 is 2.47 bits per heavy atom. The van der Waals surface area contributed by atoms with Crippen LogP contribution in [0.25, 0.3) is 5.76 Å². The van der Waals surface area contributed by atoms with Crippen molar-refractivity contribution in [1.29, 1.82) is 0 Å². The Morgan fingerprint density at radius 1 is 1.08 bits per heavy atom. The number of aliphatic hydroxyl groups excluding tert-OH is 1. The lowest BCUT2D eigenvalue weighted by atomic mass is 9.94. The Balaban J connectivity index is 1.62. The van der Waals surface area contributed by atoms with Crippen molar-refractivity contribution in [3.8, 4) is 5.75 Å². The molecule has 8 nitrogen and oxygen atoms in total. The second-order valence-electron chi connectivity index (χ2n) is 8.85. The lowest BCUT2D eigenvalue weighted by molar-refractivity contribution is -0.140. The van der Waals surface area contributed by atoms with Crippen molar-refractivity contribution in [2.75, 3.05) is 7.11 Å². The maximum Gasteiger partial charge on any atom is 0.337 e. The molecule has 8 heteroatoms. The molecule has 36 heavy (non-hydrogen) atoms. The maximum atomic E-state index is 13.3. The molecule has 0 unspecified atom stereocenters. The molecular weight excluding hydrogens is 460 g/mol. The number of Topliss-reactive ketones (excluding diaryl/α,β-unsaturated/α-hetero) is 1. The molecule has 2 atom stereocenters. The minimum atomic E-state index is -0.853. The van der Waals surface area contributed by atoms with Gasteiger partial charge in [0.25, 0.3) is 11.7 Å². The molecule has 182 valence electrons. The van der Waals surface area contributed by atoms with E-state index >= 15 is 0 Å². The summed E-state index contributed by atoms with van der Waals surface area (Å²) in [4.78, 5) is 43.9. The van der Waals surface area contributed by atoms with Gasteiger partial charge in [0, 0.05) is 30.9 Å². The zero-order valence-corrected chi connectivity index (χ0v) is 19.8. The number of carbonyl (C=O) groups excluding carboxylic acids is 3. The highest BCUT2D eigenvalue weighted by atomic mass is 16.5. The van der Waals surface area contributed by atoms with E-state index in [1.54, 1.807) is 67.0 Å². The molecule has 1 aromatic heterocycles. The Kier molecular flexibility index (Phi) is 6.01. The summed E-state index contributed by atoms with van der Waals surface area (Å²) in [5.74, 6) is -1.49. The number of ether oxygens (including phenoxy) is 2. The number of ketones is 1. The first kappa shape index (κ1) is 23.3. The number of pyridine rings is 1. The number of aromatic nitrogens is 1. The van der Waals surface area contributed by atoms with Gasteiger partial charge in [-0.15, -0.1) is 0 Å². The van der Waals surface area contributed by atoms with Gasteiger partial charge < -0.3 is 19.5 Å². The number of likely N-dealkylation sites (tertiary alicyclic amines) is 1. The van der Waals surface area contributed by atoms with Crippen molar-refractivity contribution >= 4 is 23.4 Å². The number of amides is 1. The van der Waals surface area contributed by atoms with Crippen molar-refractivity contribution < 1.29 is 29.0 Å². The van der Waals surface area contributed by atoms with Crippen LogP contribution in [0.1, 0.15) is 45.6 Å². The van der Waals surface area contributed by atoms with Gasteiger partial charge in [-0.05, 0) is 66.1 Å². The van der Waals surface area contributed by atoms with E-state index < -0.39 is 23.7 Å². The first-order chi connectivity index (χ1) is 17.4. The third kappa shape index (κ3) is 4.11. The highest BCUT2D eigenvalue weighted by Crippen LogP contribution is 2.41. The van der Waals surface area contributed by atoms with E-state index in [1.807, 2.05) is 6.92 Å². The molecule has 1 N–H and O–H groups in total. The van der Waals surface area contributed by atoms with Crippen LogP contribution >= 0.6 is 0 Å². The molecule has 5 rings (SSSR count). The molecule has 2 aliphatic heterocycles. The molecule has 1 fully saturated rings. The first-order valence-electron chi connectivity index (χ1n) is 11.5. The van der Waals surface area contributed by atoms with Crippen LogP contribution in [0.15, 0.2) is 72.6 Å². The van der Waals surface area contributed by atoms with Crippen LogP contribution in [0.5, 0.6) is 5.75 Å². The fraction of sp³-hybridized carbons (Fsp3) is 0.214. The number of hydrogen-bond acceptors (Lipinski definition) is 7. The van der Waals surface area contributed by atoms with Crippen molar-refractivity contribution in [2.24, 2.45) is 0 Å². The minimum Gasteiger partial charge on any atom is -0.507 e. The van der Waals surface area contributed by atoms with E-state index in [9.17, 15) is 19.5 Å². The van der Waals surface area contributed by atoms with Crippen molar-refractivity contribution in [2.45, 2.75) is 32.0 Å². The maximum absolute atomic E-state index is 13.3. The summed E-state index contributed by atoms with van der Waals surface area (Å²) >= 11 is 0. The van der Waals surface area contributed by atoms with Crippen LogP contribution in [0, 0.1) is 0 Å². The fourth-order valence-corrected chi connectivity index (χ4v) is 4.72. The summed E-state index contributed by atoms with van der Waals surface area (Å²) in [5.41, 5.74) is 3.05. The third-order valence-electron chi connectivity index (χ3n) is 6.46. The summed E-state index contributed by atoms with van der Waals surface area (Å²) in [6.45, 7) is 2.10. The summed E-state index contributed by atoms with van der Waals surface area (Å²) in [6, 6.07) is 14.4. The zero-order valence-electron chi connectivity index (χ0n) is 19.8. The molecule has 1 amide bonds. The molecule has 2 aromatic carbocycles. The Morgan fingerprint density at radius 2 is 1.78 bits per heavy atom. The van der Waals surface area contributed by atoms with Crippen LogP contribution in [0.4, 0.5) is 0 Å². The van der Waals surface area contributed by atoms with Gasteiger partial charge in [-0.3, -0.25) is 14.6 Å². The van der Waals surface area contributed by atoms with Crippen LogP contribution in [0.2, 0.25) is 0 Å². The van der Waals surface area contributed by atoms with Crippen molar-refractivity contribution in [3.05, 3.63) is 100 Å². The Labute approximate surface area is 207 Å². The van der Waals surface area contributed by atoms with E-state index in [0.717, 1.165) is 16.9 Å². The minimum absolute atomic E-state index is 0.00760. The van der Waals surface area contributed by atoms with E-state index in [-0.39, 0.29) is 24.0 Å². The van der Waals surface area contributed by atoms with Crippen LogP contribution in [0.3, 0.4) is 0 Å². The molecule has 3 aromatic rings. The van der Waals surface area contributed by atoms with Gasteiger partial charge >= 0.3 is 5.97 Å². The van der Waals surface area contributed by atoms with E-state index in [4.69, 9.17) is 9.47 Å². The van der Waals surface area contributed by atoms with Crippen LogP contribution in [-0.4, -0.2) is 45.9 Å². The molecule has 3 heterocycles. The topological polar surface area (TPSA) is 106 Å². The smallest absolute Gasteiger partial charge is 0.337 e. The van der Waals surface area contributed by atoms with Crippen molar-refractivity contribution in [1.82, 2.24) is 9.88 Å². The quantitative estimate of drug-likeness (QED) is 0.254. The highest BCUT2D eigenvalue weighted by molar-refractivity contribution is 6.46. The summed E-state index contributed by atoms with van der Waals surface area (Å²) in [5, 5.41) is 11.4. The largest absolute Gasteiger partial charge is 0.507 e. The molecule has 1 saturated heterocycles. The van der Waals surface area contributed by atoms with Crippen LogP contribution in [-0.2, 0) is 27.3 Å². The van der Waals surface area contributed by atoms with Gasteiger partial charge in [0.2, 0.25) is 0 Å². The number of esters is 1. The highest BCUT2D eigenvalue weighted by Gasteiger charge is 2.46. The van der Waals surface area contributed by atoms with Gasteiger partial charge in [0.05, 0.1) is 24.3 Å². The van der Waals surface area contributed by atoms with Gasteiger partial charge in [-0.25, -0.2) is 4.79 Å². The van der Waals surface area contributed by atoms with Gasteiger partial charge in [-0.2, -0.15) is 0 Å². The van der Waals surface area contributed by atoms with Crippen molar-refractivity contribution in [3.63, 3.8) is 0 Å². The normalized spacial score (nSPS) is 20.2. The number of fused-ring (bicyclic) bond motifs is 1. The number of aliphatic hydroxyl groups is 1. The first-order valence-corrected chi connectivity index (χ1v) is 11.5. The van der Waals surface area contributed by atoms with Gasteiger partial charge in [0.1, 0.15) is 17.6 Å². The summed E-state index contributed by atoms with van der Waals surface area (Å²) in [6.07, 6.45) is 3.93. The van der Waals surface area contributed by atoms with E-state index in [0.29, 0.717) is 23.1 Å². The zero-order chi connectivity index (χ0) is 25.4. The molecule has 0 bridgehead atoms. The fourth-order valence-electron chi connectivity index (χ4n) is 4.72. The third-order valence-corrected chi connectivity index (χ3v) is 6.46. The molecule has 2 aliphatic rings. The summed E-state index contributed by atoms with van der Waals surface area (Å²) < 4.78 is 10.5. The Hall–Kier alpha value is -4.46. The number of hydrogen-bond donors (Lipinski definition) is 1. The molecule has 0 aliphatic carbocycles. The van der Waals surface area contributed by atoms with Gasteiger partial charge in [-0.1, -0.05) is 12.1 Å². The standard InChI is InChI=1S/C28H24N2O6/c1-16-13-21-14-20(7-8-22(21)36-16)25(31)23-24(18-3-5-19(6-4-18)28(34)35-2)30(27(33)26(23)32)15-17-9-11-29-12-10-17/h3-12,14,16,24,31H,13,15H2,1-2H3/b25-23+/t16-,24-/m1/s1. The average Bonchev–Trinajstić information content (AvgIpc) is 3.39. The monoisotopic (exact) mass is 484 g/mol. The number of benzene rings is 2. The number of nitrogens with zero attached hydrogens (tertiary/aromatic N) is 2. The van der Waals surface area contributed by atoms with E-state index in [2.05, 4.69) is 4.98 Å². The number of rotatable bonds is 5. The predicted molar refractivity (Wildman–Crippen MR) is 130 cm³/mol. The van der Waals surface area contributed by atoms with E-state index in [1.165, 1.54) is 12.0 Å². The SMILES string of the molecule is COC(=O)c1ccc([C@@H]2/C(=C(\O)c3ccc4c(c3)C[C@@H](C)O4)C(=O)C(=O)N2Cc2ccncc2)cc1. The second-order valence-corrected chi connectivity index (χ2v) is 8.85. The lowest BCUT2D eigenvalue weighted by Crippen LogP contribution is -2.29. The van der Waals surface area contributed by atoms with Gasteiger partial charge in [0.15, 0.2) is 0 Å². The predicted octanol–water partition coefficient (Wildman–Crippen LogP) is 3.81. The number of carbonyl (C=O) groups is 3. The second kappa shape index (κ2) is 9.30. The lowest BCUT2D eigenvalue weighted by Gasteiger charge is -2.25. The molecule has 0 saturated carbocycles. The summed E-state index contributed by atoms with van der Waals surface area (Å²) in [7, 11) is 1.29.